The maximum Gasteiger partial charge on any atom is 0.389 e. The van der Waals surface area contributed by atoms with E-state index in [1.165, 1.54) is 14.2 Å². The van der Waals surface area contributed by atoms with Gasteiger partial charge in [-0.2, -0.15) is 13.2 Å². The highest BCUT2D eigenvalue weighted by molar-refractivity contribution is 5.94. The topological polar surface area (TPSA) is 43.2 Å². The standard InChI is InChI=1S/C12H19F3N2O2/c1-7(2)9-11(19-4)16-8(10(17-9)18-3)5-6-12(13,14)15/h7-9H,5-6H2,1-4H3/t8-,9+/m0/s1. The second-order valence-electron chi connectivity index (χ2n) is 4.70. The summed E-state index contributed by atoms with van der Waals surface area (Å²) in [6.45, 7) is 3.87. The van der Waals surface area contributed by atoms with Crippen LogP contribution in [0.25, 0.3) is 0 Å². The first-order valence-electron chi connectivity index (χ1n) is 6.08. The molecule has 0 spiro atoms. The van der Waals surface area contributed by atoms with Crippen molar-refractivity contribution in [2.45, 2.75) is 44.9 Å². The Bertz CT molecular complexity index is 364. The molecule has 0 fully saturated rings. The second-order valence-corrected chi connectivity index (χ2v) is 4.70. The van der Waals surface area contributed by atoms with E-state index in [4.69, 9.17) is 9.47 Å². The van der Waals surface area contributed by atoms with Crippen LogP contribution in [0.5, 0.6) is 0 Å². The lowest BCUT2D eigenvalue weighted by Gasteiger charge is -2.27. The van der Waals surface area contributed by atoms with E-state index in [9.17, 15) is 13.2 Å². The molecule has 0 amide bonds. The summed E-state index contributed by atoms with van der Waals surface area (Å²) in [5, 5.41) is 0. The Morgan fingerprint density at radius 2 is 1.68 bits per heavy atom. The minimum absolute atomic E-state index is 0.132. The van der Waals surface area contributed by atoms with Gasteiger partial charge in [0.05, 0.1) is 14.2 Å². The van der Waals surface area contributed by atoms with E-state index in [-0.39, 0.29) is 24.3 Å². The minimum atomic E-state index is -4.21. The van der Waals surface area contributed by atoms with E-state index in [0.717, 1.165) is 0 Å². The normalized spacial score (nSPS) is 24.0. The molecule has 0 saturated heterocycles. The molecule has 0 aromatic heterocycles. The van der Waals surface area contributed by atoms with Crippen molar-refractivity contribution in [2.75, 3.05) is 14.2 Å². The smallest absolute Gasteiger partial charge is 0.389 e. The fraction of sp³-hybridized carbons (Fsp3) is 0.833. The Kier molecular flexibility index (Phi) is 5.20. The predicted molar refractivity (Wildman–Crippen MR) is 66.6 cm³/mol. The highest BCUT2D eigenvalue weighted by Gasteiger charge is 2.34. The molecule has 0 saturated carbocycles. The van der Waals surface area contributed by atoms with Crippen molar-refractivity contribution in [3.8, 4) is 0 Å². The first-order valence-corrected chi connectivity index (χ1v) is 6.08. The van der Waals surface area contributed by atoms with Gasteiger partial charge in [-0.3, -0.25) is 0 Å². The van der Waals surface area contributed by atoms with Crippen LogP contribution in [0.15, 0.2) is 9.98 Å². The van der Waals surface area contributed by atoms with Crippen LogP contribution in [0.4, 0.5) is 13.2 Å². The van der Waals surface area contributed by atoms with Gasteiger partial charge in [0.15, 0.2) is 0 Å². The van der Waals surface area contributed by atoms with Crippen LogP contribution in [0.1, 0.15) is 26.7 Å². The molecular weight excluding hydrogens is 261 g/mol. The summed E-state index contributed by atoms with van der Waals surface area (Å²) in [6.07, 6.45) is -5.32. The van der Waals surface area contributed by atoms with Crippen LogP contribution < -0.4 is 0 Å². The summed E-state index contributed by atoms with van der Waals surface area (Å²) in [5.41, 5.74) is 0. The Labute approximate surface area is 110 Å². The Balaban J connectivity index is 2.86. The van der Waals surface area contributed by atoms with Crippen LogP contribution >= 0.6 is 0 Å². The van der Waals surface area contributed by atoms with Gasteiger partial charge in [0.25, 0.3) is 0 Å². The average molecular weight is 280 g/mol. The largest absolute Gasteiger partial charge is 0.483 e. The number of aliphatic imine (C=N–C) groups is 2. The lowest BCUT2D eigenvalue weighted by molar-refractivity contribution is -0.135. The number of hydrogen-bond donors (Lipinski definition) is 0. The molecule has 0 aromatic rings. The molecule has 0 unspecified atom stereocenters. The molecule has 2 atom stereocenters. The average Bonchev–Trinajstić information content (AvgIpc) is 2.33. The molecule has 7 heteroatoms. The van der Waals surface area contributed by atoms with Gasteiger partial charge < -0.3 is 9.47 Å². The van der Waals surface area contributed by atoms with E-state index >= 15 is 0 Å². The first-order chi connectivity index (χ1) is 8.78. The molecule has 0 radical (unpaired) electrons. The third-order valence-electron chi connectivity index (χ3n) is 2.84. The molecule has 110 valence electrons. The van der Waals surface area contributed by atoms with Gasteiger partial charge in [-0.15, -0.1) is 0 Å². The van der Waals surface area contributed by atoms with Gasteiger partial charge in [0, 0.05) is 6.42 Å². The molecule has 0 bridgehead atoms. The Morgan fingerprint density at radius 1 is 1.11 bits per heavy atom. The summed E-state index contributed by atoms with van der Waals surface area (Å²) >= 11 is 0. The molecular formula is C12H19F3N2O2. The lowest BCUT2D eigenvalue weighted by atomic mass is 10.0. The van der Waals surface area contributed by atoms with Crippen molar-refractivity contribution < 1.29 is 22.6 Å². The third kappa shape index (κ3) is 4.40. The SMILES string of the molecule is COC1=N[C@H](C(C)C)C(OC)=N[C@H]1CCC(F)(F)F. The van der Waals surface area contributed by atoms with Crippen molar-refractivity contribution in [1.29, 1.82) is 0 Å². The van der Waals surface area contributed by atoms with E-state index < -0.39 is 18.6 Å². The maximum absolute atomic E-state index is 12.3. The first kappa shape index (κ1) is 15.8. The van der Waals surface area contributed by atoms with Crippen molar-refractivity contribution in [2.24, 2.45) is 15.9 Å². The molecule has 0 N–H and O–H groups in total. The molecule has 4 nitrogen and oxygen atoms in total. The minimum Gasteiger partial charge on any atom is -0.483 e. The summed E-state index contributed by atoms with van der Waals surface area (Å²) in [5.74, 6) is 0.735. The predicted octanol–water partition coefficient (Wildman–Crippen LogP) is 2.83. The number of nitrogens with zero attached hydrogens (tertiary/aromatic N) is 2. The number of halogens is 3. The summed E-state index contributed by atoms with van der Waals surface area (Å²) in [4.78, 5) is 8.50. The number of hydrogen-bond acceptors (Lipinski definition) is 4. The molecule has 1 aliphatic heterocycles. The van der Waals surface area contributed by atoms with Crippen LogP contribution in [0.3, 0.4) is 0 Å². The van der Waals surface area contributed by atoms with Crippen LogP contribution in [-0.4, -0.2) is 44.3 Å². The number of ether oxygens (including phenoxy) is 2. The van der Waals surface area contributed by atoms with E-state index in [1.54, 1.807) is 0 Å². The molecule has 1 heterocycles. The quantitative estimate of drug-likeness (QED) is 0.797. The second kappa shape index (κ2) is 6.25. The molecule has 19 heavy (non-hydrogen) atoms. The monoisotopic (exact) mass is 280 g/mol. The zero-order chi connectivity index (χ0) is 14.6. The van der Waals surface area contributed by atoms with Crippen molar-refractivity contribution in [3.63, 3.8) is 0 Å². The van der Waals surface area contributed by atoms with E-state index in [1.807, 2.05) is 13.8 Å². The fourth-order valence-corrected chi connectivity index (χ4v) is 1.85. The van der Waals surface area contributed by atoms with Gasteiger partial charge in [-0.1, -0.05) is 13.8 Å². The summed E-state index contributed by atoms with van der Waals surface area (Å²) in [7, 11) is 2.84. The Morgan fingerprint density at radius 3 is 2.11 bits per heavy atom. The van der Waals surface area contributed by atoms with Crippen LogP contribution in [0.2, 0.25) is 0 Å². The molecule has 1 aliphatic rings. The van der Waals surface area contributed by atoms with Gasteiger partial charge >= 0.3 is 6.18 Å². The number of methoxy groups -OCH3 is 2. The summed E-state index contributed by atoms with van der Waals surface area (Å²) in [6, 6.07) is -1.03. The van der Waals surface area contributed by atoms with Gasteiger partial charge in [0.2, 0.25) is 11.8 Å². The van der Waals surface area contributed by atoms with Crippen LogP contribution in [-0.2, 0) is 9.47 Å². The van der Waals surface area contributed by atoms with Crippen molar-refractivity contribution in [3.05, 3.63) is 0 Å². The van der Waals surface area contributed by atoms with Crippen LogP contribution in [0, 0.1) is 5.92 Å². The Hall–Kier alpha value is -1.27. The highest BCUT2D eigenvalue weighted by atomic mass is 19.4. The van der Waals surface area contributed by atoms with Gasteiger partial charge in [-0.05, 0) is 12.3 Å². The van der Waals surface area contributed by atoms with Crippen molar-refractivity contribution in [1.82, 2.24) is 0 Å². The van der Waals surface area contributed by atoms with E-state index in [2.05, 4.69) is 9.98 Å². The fourth-order valence-electron chi connectivity index (χ4n) is 1.85. The molecule has 0 aliphatic carbocycles. The van der Waals surface area contributed by atoms with E-state index in [0.29, 0.717) is 5.90 Å². The van der Waals surface area contributed by atoms with Gasteiger partial charge in [0.1, 0.15) is 12.1 Å². The number of alkyl halides is 3. The third-order valence-corrected chi connectivity index (χ3v) is 2.84. The highest BCUT2D eigenvalue weighted by Crippen LogP contribution is 2.26. The lowest BCUT2D eigenvalue weighted by Crippen LogP contribution is -2.37. The molecule has 0 aromatic carbocycles. The number of rotatable bonds is 3. The van der Waals surface area contributed by atoms with Crippen molar-refractivity contribution >= 4 is 11.8 Å². The molecule has 1 rings (SSSR count). The maximum atomic E-state index is 12.3. The zero-order valence-electron chi connectivity index (χ0n) is 11.5. The van der Waals surface area contributed by atoms with Gasteiger partial charge in [-0.25, -0.2) is 9.98 Å². The summed E-state index contributed by atoms with van der Waals surface area (Å²) < 4.78 is 47.0. The zero-order valence-corrected chi connectivity index (χ0v) is 11.5.